The topological polar surface area (TPSA) is 58.4 Å². The molecular formula is C14H18BrN3O. The Hall–Kier alpha value is -0.910. The molecule has 0 radical (unpaired) electrons. The van der Waals surface area contributed by atoms with Crippen LogP contribution >= 0.6 is 15.9 Å². The highest BCUT2D eigenvalue weighted by Gasteiger charge is 2.36. The lowest BCUT2D eigenvalue weighted by Crippen LogP contribution is -2.57. The summed E-state index contributed by atoms with van der Waals surface area (Å²) in [6.07, 6.45) is 2.14. The number of nitrogens with zero attached hydrogens (tertiary/aromatic N) is 1. The Balaban J connectivity index is 1.91. The zero-order valence-corrected chi connectivity index (χ0v) is 12.3. The van der Waals surface area contributed by atoms with Gasteiger partial charge in [0.05, 0.1) is 0 Å². The van der Waals surface area contributed by atoms with E-state index in [4.69, 9.17) is 5.73 Å². The average Bonchev–Trinajstić information content (AvgIpc) is 2.84. The van der Waals surface area contributed by atoms with Crippen LogP contribution in [-0.4, -0.2) is 36.5 Å². The summed E-state index contributed by atoms with van der Waals surface area (Å²) < 4.78 is 1.18. The maximum absolute atomic E-state index is 11.6. The van der Waals surface area contributed by atoms with Gasteiger partial charge in [-0.25, -0.2) is 0 Å². The number of hydrogen-bond donors (Lipinski definition) is 2. The predicted octanol–water partition coefficient (Wildman–Crippen LogP) is 1.20. The van der Waals surface area contributed by atoms with Crippen molar-refractivity contribution in [2.24, 2.45) is 5.73 Å². The zero-order valence-electron chi connectivity index (χ0n) is 10.7. The van der Waals surface area contributed by atoms with Gasteiger partial charge in [0.15, 0.2) is 0 Å². The summed E-state index contributed by atoms with van der Waals surface area (Å²) in [6.45, 7) is 2.46. The number of nitrogens with one attached hydrogen (secondary N) is 1. The third-order valence-corrected chi connectivity index (χ3v) is 4.94. The molecule has 0 bridgehead atoms. The summed E-state index contributed by atoms with van der Waals surface area (Å²) in [4.78, 5) is 13.9. The monoisotopic (exact) mass is 323 g/mol. The lowest BCUT2D eigenvalue weighted by Gasteiger charge is -2.38. The van der Waals surface area contributed by atoms with Crippen LogP contribution in [0.1, 0.15) is 23.6 Å². The predicted molar refractivity (Wildman–Crippen MR) is 77.8 cm³/mol. The molecular weight excluding hydrogens is 306 g/mol. The lowest BCUT2D eigenvalue weighted by atomic mass is 10.0. The highest BCUT2D eigenvalue weighted by molar-refractivity contribution is 9.10. The van der Waals surface area contributed by atoms with Crippen molar-refractivity contribution in [3.05, 3.63) is 33.8 Å². The van der Waals surface area contributed by atoms with Crippen LogP contribution in [-0.2, 0) is 11.2 Å². The molecule has 3 N–H and O–H groups in total. The van der Waals surface area contributed by atoms with Crippen molar-refractivity contribution in [1.29, 1.82) is 0 Å². The minimum Gasteiger partial charge on any atom is -0.368 e. The summed E-state index contributed by atoms with van der Waals surface area (Å²) in [5.74, 6) is -0.226. The van der Waals surface area contributed by atoms with Gasteiger partial charge in [0, 0.05) is 30.1 Å². The maximum Gasteiger partial charge on any atom is 0.236 e. The summed E-state index contributed by atoms with van der Waals surface area (Å²) in [7, 11) is 0. The first kappa shape index (κ1) is 13.1. The highest BCUT2D eigenvalue weighted by Crippen LogP contribution is 2.40. The van der Waals surface area contributed by atoms with Crippen molar-refractivity contribution in [2.45, 2.75) is 24.9 Å². The van der Waals surface area contributed by atoms with E-state index in [9.17, 15) is 4.79 Å². The number of piperazine rings is 1. The van der Waals surface area contributed by atoms with Crippen molar-refractivity contribution in [3.63, 3.8) is 0 Å². The fourth-order valence-corrected chi connectivity index (χ4v) is 3.87. The summed E-state index contributed by atoms with van der Waals surface area (Å²) in [6, 6.07) is 6.47. The van der Waals surface area contributed by atoms with Gasteiger partial charge in [-0.1, -0.05) is 28.1 Å². The quantitative estimate of drug-likeness (QED) is 0.859. The van der Waals surface area contributed by atoms with Gasteiger partial charge in [-0.05, 0) is 30.0 Å². The van der Waals surface area contributed by atoms with Crippen molar-refractivity contribution >= 4 is 21.8 Å². The standard InChI is InChI=1S/C14H18BrN3O/c15-11-3-1-2-10-9(11)4-5-12(10)18-7-6-17-8-13(18)14(16)19/h1-3,12-13,17H,4-8H2,(H2,16,19). The molecule has 1 fully saturated rings. The number of primary amides is 1. The third kappa shape index (κ3) is 2.30. The third-order valence-electron chi connectivity index (χ3n) is 4.20. The lowest BCUT2D eigenvalue weighted by molar-refractivity contribution is -0.124. The van der Waals surface area contributed by atoms with E-state index in [1.807, 2.05) is 0 Å². The van der Waals surface area contributed by atoms with Gasteiger partial charge in [0.25, 0.3) is 0 Å². The first-order chi connectivity index (χ1) is 9.18. The van der Waals surface area contributed by atoms with Crippen molar-refractivity contribution in [3.8, 4) is 0 Å². The Morgan fingerprint density at radius 1 is 1.47 bits per heavy atom. The summed E-state index contributed by atoms with van der Waals surface area (Å²) in [5.41, 5.74) is 8.28. The molecule has 0 saturated carbocycles. The number of rotatable bonds is 2. The second kappa shape index (κ2) is 5.23. The molecule has 19 heavy (non-hydrogen) atoms. The molecule has 1 aliphatic heterocycles. The summed E-state index contributed by atoms with van der Waals surface area (Å²) >= 11 is 3.62. The van der Waals surface area contributed by atoms with Crippen LogP contribution in [0.5, 0.6) is 0 Å². The largest absolute Gasteiger partial charge is 0.368 e. The number of amides is 1. The van der Waals surface area contributed by atoms with Gasteiger partial charge in [-0.2, -0.15) is 0 Å². The van der Waals surface area contributed by atoms with Gasteiger partial charge in [-0.3, -0.25) is 9.69 Å². The molecule has 1 amide bonds. The van der Waals surface area contributed by atoms with E-state index < -0.39 is 0 Å². The first-order valence-corrected chi connectivity index (χ1v) is 7.51. The molecule has 2 atom stereocenters. The Morgan fingerprint density at radius 3 is 3.11 bits per heavy atom. The average molecular weight is 324 g/mol. The van der Waals surface area contributed by atoms with Crippen LogP contribution in [0.2, 0.25) is 0 Å². The van der Waals surface area contributed by atoms with Gasteiger partial charge < -0.3 is 11.1 Å². The number of carbonyl (C=O) groups is 1. The van der Waals surface area contributed by atoms with Gasteiger partial charge in [0.2, 0.25) is 5.91 Å². The number of nitrogens with two attached hydrogens (primary N) is 1. The van der Waals surface area contributed by atoms with E-state index in [0.717, 1.165) is 25.9 Å². The van der Waals surface area contributed by atoms with Crippen molar-refractivity contribution in [2.75, 3.05) is 19.6 Å². The van der Waals surface area contributed by atoms with E-state index in [1.165, 1.54) is 15.6 Å². The van der Waals surface area contributed by atoms with E-state index in [-0.39, 0.29) is 11.9 Å². The molecule has 2 unspecified atom stereocenters. The Bertz CT molecular complexity index is 505. The van der Waals surface area contributed by atoms with Crippen LogP contribution < -0.4 is 11.1 Å². The SMILES string of the molecule is NC(=O)C1CNCCN1C1CCc2c(Br)cccc21. The van der Waals surface area contributed by atoms with Crippen molar-refractivity contribution in [1.82, 2.24) is 10.2 Å². The fraction of sp³-hybridized carbons (Fsp3) is 0.500. The molecule has 3 rings (SSSR count). The van der Waals surface area contributed by atoms with Crippen LogP contribution in [0.4, 0.5) is 0 Å². The molecule has 1 saturated heterocycles. The molecule has 5 heteroatoms. The van der Waals surface area contributed by atoms with Crippen LogP contribution in [0.25, 0.3) is 0 Å². The van der Waals surface area contributed by atoms with Gasteiger partial charge >= 0.3 is 0 Å². The number of hydrogen-bond acceptors (Lipinski definition) is 3. The van der Waals surface area contributed by atoms with Crippen LogP contribution in [0.3, 0.4) is 0 Å². The molecule has 102 valence electrons. The van der Waals surface area contributed by atoms with E-state index in [0.29, 0.717) is 12.6 Å². The number of fused-ring (bicyclic) bond motifs is 1. The van der Waals surface area contributed by atoms with Gasteiger partial charge in [0.1, 0.15) is 6.04 Å². The normalized spacial score (nSPS) is 27.2. The van der Waals surface area contributed by atoms with Gasteiger partial charge in [-0.15, -0.1) is 0 Å². The minimum absolute atomic E-state index is 0.191. The summed E-state index contributed by atoms with van der Waals surface area (Å²) in [5, 5.41) is 3.25. The molecule has 1 heterocycles. The highest BCUT2D eigenvalue weighted by atomic mass is 79.9. The first-order valence-electron chi connectivity index (χ1n) is 6.71. The van der Waals surface area contributed by atoms with Crippen LogP contribution in [0, 0.1) is 0 Å². The second-order valence-electron chi connectivity index (χ2n) is 5.22. The Morgan fingerprint density at radius 2 is 2.32 bits per heavy atom. The molecule has 4 nitrogen and oxygen atoms in total. The molecule has 1 aromatic rings. The molecule has 1 aliphatic carbocycles. The smallest absolute Gasteiger partial charge is 0.236 e. The van der Waals surface area contributed by atoms with Crippen LogP contribution in [0.15, 0.2) is 22.7 Å². The zero-order chi connectivity index (χ0) is 13.4. The molecule has 1 aromatic carbocycles. The Kier molecular flexibility index (Phi) is 3.60. The number of benzene rings is 1. The minimum atomic E-state index is -0.226. The van der Waals surface area contributed by atoms with E-state index in [2.05, 4.69) is 44.3 Å². The second-order valence-corrected chi connectivity index (χ2v) is 6.08. The molecule has 0 aromatic heterocycles. The van der Waals surface area contributed by atoms with E-state index in [1.54, 1.807) is 0 Å². The fourth-order valence-electron chi connectivity index (χ4n) is 3.29. The molecule has 2 aliphatic rings. The Labute approximate surface area is 121 Å². The van der Waals surface area contributed by atoms with E-state index >= 15 is 0 Å². The number of carbonyl (C=O) groups excluding carboxylic acids is 1. The maximum atomic E-state index is 11.6. The van der Waals surface area contributed by atoms with Crippen molar-refractivity contribution < 1.29 is 4.79 Å². The molecule has 0 spiro atoms. The number of halogens is 1.